The number of carbonyl (C=O) groups excluding carboxylic acids is 2. The molecule has 0 spiro atoms. The SMILES string of the molecule is CC(C)c1ccccc1NC(=O)CSc1nnc(C(C)NC(=O)c2ccccc2Br)n1C. The van der Waals surface area contributed by atoms with E-state index in [4.69, 9.17) is 0 Å². The maximum absolute atomic E-state index is 12.6. The Kier molecular flexibility index (Phi) is 8.09. The van der Waals surface area contributed by atoms with Gasteiger partial charge in [0.2, 0.25) is 5.91 Å². The normalized spacial score (nSPS) is 11.9. The Morgan fingerprint density at radius 3 is 2.47 bits per heavy atom. The summed E-state index contributed by atoms with van der Waals surface area (Å²) >= 11 is 4.70. The fraction of sp³-hybridized carbons (Fsp3) is 0.304. The van der Waals surface area contributed by atoms with Crippen LogP contribution in [0.5, 0.6) is 0 Å². The van der Waals surface area contributed by atoms with Crippen LogP contribution in [0.15, 0.2) is 58.2 Å². The summed E-state index contributed by atoms with van der Waals surface area (Å²) in [6.07, 6.45) is 0. The van der Waals surface area contributed by atoms with Gasteiger partial charge in [0.1, 0.15) is 0 Å². The van der Waals surface area contributed by atoms with Gasteiger partial charge in [-0.15, -0.1) is 10.2 Å². The van der Waals surface area contributed by atoms with Crippen LogP contribution in [0.2, 0.25) is 0 Å². The zero-order chi connectivity index (χ0) is 23.3. The minimum atomic E-state index is -0.354. The molecule has 0 fully saturated rings. The van der Waals surface area contributed by atoms with E-state index in [-0.39, 0.29) is 23.6 Å². The molecule has 0 radical (unpaired) electrons. The van der Waals surface area contributed by atoms with Crippen molar-refractivity contribution in [3.05, 3.63) is 70.0 Å². The fourth-order valence-electron chi connectivity index (χ4n) is 3.24. The molecule has 0 saturated heterocycles. The van der Waals surface area contributed by atoms with Crippen LogP contribution in [-0.4, -0.2) is 32.3 Å². The van der Waals surface area contributed by atoms with Gasteiger partial charge in [-0.2, -0.15) is 0 Å². The van der Waals surface area contributed by atoms with Crippen molar-refractivity contribution in [3.63, 3.8) is 0 Å². The van der Waals surface area contributed by atoms with E-state index in [9.17, 15) is 9.59 Å². The number of nitrogens with one attached hydrogen (secondary N) is 2. The summed E-state index contributed by atoms with van der Waals surface area (Å²) in [6.45, 7) is 6.04. The van der Waals surface area contributed by atoms with Gasteiger partial charge in [-0.1, -0.05) is 55.9 Å². The third kappa shape index (κ3) is 5.77. The molecule has 168 valence electrons. The van der Waals surface area contributed by atoms with E-state index < -0.39 is 0 Å². The van der Waals surface area contributed by atoms with Gasteiger partial charge >= 0.3 is 0 Å². The average molecular weight is 516 g/mol. The lowest BCUT2D eigenvalue weighted by molar-refractivity contribution is -0.113. The Morgan fingerprint density at radius 1 is 1.06 bits per heavy atom. The van der Waals surface area contributed by atoms with Gasteiger partial charge in [0.05, 0.1) is 17.4 Å². The highest BCUT2D eigenvalue weighted by Crippen LogP contribution is 2.25. The van der Waals surface area contributed by atoms with Crippen molar-refractivity contribution in [1.82, 2.24) is 20.1 Å². The summed E-state index contributed by atoms with van der Waals surface area (Å²) in [7, 11) is 1.82. The van der Waals surface area contributed by atoms with Gasteiger partial charge in [-0.05, 0) is 52.5 Å². The Morgan fingerprint density at radius 2 is 1.75 bits per heavy atom. The molecule has 3 aromatic rings. The molecule has 1 unspecified atom stereocenters. The number of para-hydroxylation sites is 1. The van der Waals surface area contributed by atoms with Gasteiger partial charge < -0.3 is 15.2 Å². The molecule has 2 aromatic carbocycles. The summed E-state index contributed by atoms with van der Waals surface area (Å²) in [5, 5.41) is 14.9. The Balaban J connectivity index is 1.60. The summed E-state index contributed by atoms with van der Waals surface area (Å²) in [4.78, 5) is 25.1. The van der Waals surface area contributed by atoms with Crippen molar-refractivity contribution in [1.29, 1.82) is 0 Å². The zero-order valence-corrected chi connectivity index (χ0v) is 20.8. The van der Waals surface area contributed by atoms with Crippen LogP contribution in [0.4, 0.5) is 5.69 Å². The van der Waals surface area contributed by atoms with Crippen molar-refractivity contribution < 1.29 is 9.59 Å². The Labute approximate surface area is 200 Å². The number of anilines is 1. The molecule has 0 aliphatic carbocycles. The standard InChI is InChI=1S/C23H26BrN5O2S/c1-14(2)16-9-6-8-12-19(16)26-20(30)13-32-23-28-27-21(29(23)4)15(3)25-22(31)17-10-5-7-11-18(17)24/h5-12,14-15H,13H2,1-4H3,(H,25,31)(H,26,30). The summed E-state index contributed by atoms with van der Waals surface area (Å²) in [5.41, 5.74) is 2.48. The number of hydrogen-bond donors (Lipinski definition) is 2. The number of amides is 2. The second-order valence-corrected chi connectivity index (χ2v) is 9.45. The Hall–Kier alpha value is -2.65. The molecule has 0 saturated carbocycles. The molecule has 7 nitrogen and oxygen atoms in total. The molecule has 32 heavy (non-hydrogen) atoms. The number of hydrogen-bond acceptors (Lipinski definition) is 5. The topological polar surface area (TPSA) is 88.9 Å². The maximum atomic E-state index is 12.6. The molecular weight excluding hydrogens is 490 g/mol. The first-order valence-electron chi connectivity index (χ1n) is 10.2. The third-order valence-corrected chi connectivity index (χ3v) is 6.62. The zero-order valence-electron chi connectivity index (χ0n) is 18.4. The first-order valence-corrected chi connectivity index (χ1v) is 12.0. The van der Waals surface area contributed by atoms with Crippen molar-refractivity contribution in [2.75, 3.05) is 11.1 Å². The lowest BCUT2D eigenvalue weighted by Gasteiger charge is -2.14. The minimum absolute atomic E-state index is 0.108. The molecule has 0 aliphatic heterocycles. The second kappa shape index (κ2) is 10.8. The quantitative estimate of drug-likeness (QED) is 0.415. The van der Waals surface area contributed by atoms with Gasteiger partial charge in [0.25, 0.3) is 5.91 Å². The van der Waals surface area contributed by atoms with Gasteiger partial charge in [0.15, 0.2) is 11.0 Å². The summed E-state index contributed by atoms with van der Waals surface area (Å²) in [6, 6.07) is 14.7. The molecule has 9 heteroatoms. The highest BCUT2D eigenvalue weighted by Gasteiger charge is 2.20. The maximum Gasteiger partial charge on any atom is 0.253 e. The van der Waals surface area contributed by atoms with Gasteiger partial charge in [-0.3, -0.25) is 9.59 Å². The number of thioether (sulfide) groups is 1. The van der Waals surface area contributed by atoms with E-state index in [2.05, 4.69) is 50.6 Å². The van der Waals surface area contributed by atoms with Crippen LogP contribution < -0.4 is 10.6 Å². The van der Waals surface area contributed by atoms with E-state index in [1.54, 1.807) is 10.6 Å². The van der Waals surface area contributed by atoms with Crippen LogP contribution >= 0.6 is 27.7 Å². The number of rotatable bonds is 8. The van der Waals surface area contributed by atoms with E-state index in [0.717, 1.165) is 15.7 Å². The molecule has 1 aromatic heterocycles. The molecular formula is C23H26BrN5O2S. The average Bonchev–Trinajstić information content (AvgIpc) is 3.13. The van der Waals surface area contributed by atoms with Crippen LogP contribution in [-0.2, 0) is 11.8 Å². The smallest absolute Gasteiger partial charge is 0.253 e. The number of benzene rings is 2. The first-order chi connectivity index (χ1) is 15.3. The van der Waals surface area contributed by atoms with Crippen molar-refractivity contribution >= 4 is 45.2 Å². The lowest BCUT2D eigenvalue weighted by Crippen LogP contribution is -2.28. The minimum Gasteiger partial charge on any atom is -0.342 e. The van der Waals surface area contributed by atoms with Crippen LogP contribution in [0.3, 0.4) is 0 Å². The monoisotopic (exact) mass is 515 g/mol. The number of carbonyl (C=O) groups is 2. The molecule has 0 aliphatic rings. The van der Waals surface area contributed by atoms with Crippen molar-refractivity contribution in [2.24, 2.45) is 7.05 Å². The largest absolute Gasteiger partial charge is 0.342 e. The fourth-order valence-corrected chi connectivity index (χ4v) is 4.43. The molecule has 2 N–H and O–H groups in total. The molecule has 2 amide bonds. The van der Waals surface area contributed by atoms with E-state index in [1.807, 2.05) is 56.4 Å². The van der Waals surface area contributed by atoms with E-state index in [0.29, 0.717) is 22.5 Å². The Bertz CT molecular complexity index is 1120. The lowest BCUT2D eigenvalue weighted by atomic mass is 10.0. The molecule has 0 bridgehead atoms. The highest BCUT2D eigenvalue weighted by molar-refractivity contribution is 9.10. The third-order valence-electron chi connectivity index (χ3n) is 4.91. The van der Waals surface area contributed by atoms with E-state index >= 15 is 0 Å². The van der Waals surface area contributed by atoms with Crippen LogP contribution in [0, 0.1) is 0 Å². The number of halogens is 1. The van der Waals surface area contributed by atoms with Gasteiger partial charge in [-0.25, -0.2) is 0 Å². The number of aromatic nitrogens is 3. The van der Waals surface area contributed by atoms with Crippen LogP contribution in [0.1, 0.15) is 54.5 Å². The second-order valence-electron chi connectivity index (χ2n) is 7.65. The summed E-state index contributed by atoms with van der Waals surface area (Å²) < 4.78 is 2.52. The molecule has 1 heterocycles. The highest BCUT2D eigenvalue weighted by atomic mass is 79.9. The van der Waals surface area contributed by atoms with Gasteiger partial charge in [0, 0.05) is 17.2 Å². The van der Waals surface area contributed by atoms with Crippen molar-refractivity contribution in [3.8, 4) is 0 Å². The predicted molar refractivity (Wildman–Crippen MR) is 131 cm³/mol. The predicted octanol–water partition coefficient (Wildman–Crippen LogP) is 4.92. The summed E-state index contributed by atoms with van der Waals surface area (Å²) in [5.74, 6) is 0.816. The number of nitrogens with zero attached hydrogens (tertiary/aromatic N) is 3. The van der Waals surface area contributed by atoms with E-state index in [1.165, 1.54) is 11.8 Å². The first kappa shape index (κ1) is 24.0. The molecule has 1 atom stereocenters. The molecule has 3 rings (SSSR count). The van der Waals surface area contributed by atoms with Crippen molar-refractivity contribution in [2.45, 2.75) is 37.9 Å². The van der Waals surface area contributed by atoms with Crippen LogP contribution in [0.25, 0.3) is 0 Å².